The molecule has 0 bridgehead atoms. The lowest BCUT2D eigenvalue weighted by atomic mass is 10.0. The van der Waals surface area contributed by atoms with Crippen LogP contribution in [0.25, 0.3) is 0 Å². The van der Waals surface area contributed by atoms with Crippen LogP contribution in [0.2, 0.25) is 5.02 Å². The van der Waals surface area contributed by atoms with Gasteiger partial charge < -0.3 is 5.73 Å². The van der Waals surface area contributed by atoms with Crippen LogP contribution in [0.3, 0.4) is 0 Å². The van der Waals surface area contributed by atoms with Gasteiger partial charge in [-0.15, -0.1) is 11.3 Å². The molecule has 17 heavy (non-hydrogen) atoms. The topological polar surface area (TPSA) is 38.9 Å². The van der Waals surface area contributed by atoms with Crippen LogP contribution in [0.4, 0.5) is 0 Å². The van der Waals surface area contributed by atoms with Gasteiger partial charge in [0.1, 0.15) is 0 Å². The number of hydrogen-bond acceptors (Lipinski definition) is 3. The first-order valence-corrected chi connectivity index (χ1v) is 6.68. The molecule has 0 aliphatic heterocycles. The minimum absolute atomic E-state index is 0.0171. The van der Waals surface area contributed by atoms with Crippen LogP contribution >= 0.6 is 22.9 Å². The first kappa shape index (κ1) is 12.6. The van der Waals surface area contributed by atoms with Crippen molar-refractivity contribution in [2.45, 2.75) is 26.3 Å². The molecule has 1 atom stereocenters. The van der Waals surface area contributed by atoms with E-state index < -0.39 is 0 Å². The fourth-order valence-electron chi connectivity index (χ4n) is 1.70. The summed E-state index contributed by atoms with van der Waals surface area (Å²) in [5, 5.41) is 1.87. The summed E-state index contributed by atoms with van der Waals surface area (Å²) in [4.78, 5) is 5.56. The van der Waals surface area contributed by atoms with Crippen molar-refractivity contribution in [3.8, 4) is 0 Å². The maximum atomic E-state index is 6.18. The number of thiazole rings is 1. The molecule has 0 amide bonds. The summed E-state index contributed by atoms with van der Waals surface area (Å²) in [7, 11) is 0. The molecular weight excluding hydrogens is 252 g/mol. The van der Waals surface area contributed by atoms with E-state index >= 15 is 0 Å². The number of benzene rings is 1. The fourth-order valence-corrected chi connectivity index (χ4v) is 2.66. The van der Waals surface area contributed by atoms with Crippen molar-refractivity contribution in [2.75, 3.05) is 0 Å². The molecule has 0 spiro atoms. The second kappa shape index (κ2) is 5.17. The molecule has 2 aromatic rings. The van der Waals surface area contributed by atoms with Gasteiger partial charge in [-0.05, 0) is 31.0 Å². The van der Waals surface area contributed by atoms with Gasteiger partial charge >= 0.3 is 0 Å². The molecule has 2 nitrogen and oxygen atoms in total. The van der Waals surface area contributed by atoms with E-state index in [1.807, 2.05) is 31.3 Å². The van der Waals surface area contributed by atoms with Crippen molar-refractivity contribution >= 4 is 22.9 Å². The maximum absolute atomic E-state index is 6.18. The zero-order valence-electron chi connectivity index (χ0n) is 9.90. The van der Waals surface area contributed by atoms with E-state index in [0.29, 0.717) is 0 Å². The molecule has 90 valence electrons. The average molecular weight is 267 g/mol. The van der Waals surface area contributed by atoms with Gasteiger partial charge in [-0.2, -0.15) is 0 Å². The third-order valence-corrected chi connectivity index (χ3v) is 4.03. The molecule has 0 radical (unpaired) electrons. The highest BCUT2D eigenvalue weighted by Gasteiger charge is 2.10. The predicted molar refractivity (Wildman–Crippen MR) is 73.7 cm³/mol. The number of aromatic nitrogens is 1. The average Bonchev–Trinajstić information content (AvgIpc) is 2.68. The summed E-state index contributed by atoms with van der Waals surface area (Å²) in [5.41, 5.74) is 8.35. The first-order chi connectivity index (χ1) is 8.06. The smallest absolute Gasteiger partial charge is 0.0946 e. The number of rotatable bonds is 3. The van der Waals surface area contributed by atoms with Crippen molar-refractivity contribution in [2.24, 2.45) is 5.73 Å². The molecule has 2 N–H and O–H groups in total. The Bertz CT molecular complexity index is 522. The molecule has 1 aromatic heterocycles. The number of halogens is 1. The molecule has 4 heteroatoms. The first-order valence-electron chi connectivity index (χ1n) is 5.49. The normalized spacial score (nSPS) is 12.7. The van der Waals surface area contributed by atoms with Gasteiger partial charge in [0.25, 0.3) is 0 Å². The molecule has 0 aliphatic rings. The highest BCUT2D eigenvalue weighted by atomic mass is 35.5. The summed E-state index contributed by atoms with van der Waals surface area (Å²) >= 11 is 7.70. The van der Waals surface area contributed by atoms with Crippen LogP contribution in [-0.2, 0) is 6.42 Å². The molecule has 1 unspecified atom stereocenters. The summed E-state index contributed by atoms with van der Waals surface area (Å²) in [6, 6.07) is 5.92. The molecular formula is C13H15ClN2S. The molecule has 0 saturated carbocycles. The van der Waals surface area contributed by atoms with Crippen LogP contribution < -0.4 is 5.73 Å². The molecule has 0 saturated heterocycles. The van der Waals surface area contributed by atoms with Crippen molar-refractivity contribution in [1.82, 2.24) is 4.98 Å². The summed E-state index contributed by atoms with van der Waals surface area (Å²) in [5.74, 6) is 0. The maximum Gasteiger partial charge on any atom is 0.0946 e. The van der Waals surface area contributed by atoms with Gasteiger partial charge in [0, 0.05) is 28.6 Å². The Morgan fingerprint density at radius 2 is 2.18 bits per heavy atom. The van der Waals surface area contributed by atoms with Crippen LogP contribution in [0.1, 0.15) is 27.1 Å². The highest BCUT2D eigenvalue weighted by Crippen LogP contribution is 2.23. The zero-order chi connectivity index (χ0) is 12.4. The molecule has 1 heterocycles. The minimum atomic E-state index is -0.0171. The Balaban J connectivity index is 2.14. The lowest BCUT2D eigenvalue weighted by Crippen LogP contribution is -2.13. The van der Waals surface area contributed by atoms with Gasteiger partial charge in [-0.1, -0.05) is 23.7 Å². The fraction of sp³-hybridized carbons (Fsp3) is 0.308. The quantitative estimate of drug-likeness (QED) is 0.921. The Labute approximate surface area is 110 Å². The lowest BCUT2D eigenvalue weighted by molar-refractivity contribution is 0.717. The third kappa shape index (κ3) is 3.06. The number of hydrogen-bond donors (Lipinski definition) is 1. The van der Waals surface area contributed by atoms with E-state index in [9.17, 15) is 0 Å². The van der Waals surface area contributed by atoms with Gasteiger partial charge in [0.15, 0.2) is 0 Å². The Kier molecular flexibility index (Phi) is 3.82. The predicted octanol–water partition coefficient (Wildman–Crippen LogP) is 3.66. The number of nitrogens with two attached hydrogens (primary N) is 1. The molecule has 2 rings (SSSR count). The Hall–Kier alpha value is -0.900. The van der Waals surface area contributed by atoms with Crippen LogP contribution in [-0.4, -0.2) is 4.98 Å². The van der Waals surface area contributed by atoms with Crippen LogP contribution in [0, 0.1) is 13.8 Å². The Morgan fingerprint density at radius 3 is 2.76 bits per heavy atom. The zero-order valence-corrected chi connectivity index (χ0v) is 11.5. The van der Waals surface area contributed by atoms with Crippen LogP contribution in [0.5, 0.6) is 0 Å². The van der Waals surface area contributed by atoms with E-state index in [0.717, 1.165) is 27.6 Å². The largest absolute Gasteiger partial charge is 0.324 e. The van der Waals surface area contributed by atoms with Crippen molar-refractivity contribution in [1.29, 1.82) is 0 Å². The standard InChI is InChI=1S/C13H15ClN2S/c1-8-5-10(3-4-11(8)14)12(15)6-13-16-7-9(2)17-13/h3-5,7,12H,6,15H2,1-2H3. The minimum Gasteiger partial charge on any atom is -0.324 e. The van der Waals surface area contributed by atoms with E-state index in [1.54, 1.807) is 11.3 Å². The second-order valence-electron chi connectivity index (χ2n) is 4.18. The monoisotopic (exact) mass is 266 g/mol. The van der Waals surface area contributed by atoms with Crippen molar-refractivity contribution in [3.63, 3.8) is 0 Å². The lowest BCUT2D eigenvalue weighted by Gasteiger charge is -2.11. The van der Waals surface area contributed by atoms with E-state index in [1.165, 1.54) is 4.88 Å². The van der Waals surface area contributed by atoms with E-state index in [4.69, 9.17) is 17.3 Å². The van der Waals surface area contributed by atoms with E-state index in [-0.39, 0.29) is 6.04 Å². The SMILES string of the molecule is Cc1cnc(CC(N)c2ccc(Cl)c(C)c2)s1. The Morgan fingerprint density at radius 1 is 1.41 bits per heavy atom. The highest BCUT2D eigenvalue weighted by molar-refractivity contribution is 7.11. The molecule has 0 fully saturated rings. The number of nitrogens with zero attached hydrogens (tertiary/aromatic N) is 1. The number of aryl methyl sites for hydroxylation is 2. The van der Waals surface area contributed by atoms with Gasteiger partial charge in [-0.3, -0.25) is 0 Å². The molecule has 0 aliphatic carbocycles. The second-order valence-corrected chi connectivity index (χ2v) is 5.91. The summed E-state index contributed by atoms with van der Waals surface area (Å²) in [6.07, 6.45) is 2.67. The third-order valence-electron chi connectivity index (χ3n) is 2.67. The summed E-state index contributed by atoms with van der Waals surface area (Å²) < 4.78 is 0. The van der Waals surface area contributed by atoms with Gasteiger partial charge in [-0.25, -0.2) is 4.98 Å². The van der Waals surface area contributed by atoms with Crippen molar-refractivity contribution in [3.05, 3.63) is 50.4 Å². The van der Waals surface area contributed by atoms with Crippen molar-refractivity contribution < 1.29 is 0 Å². The van der Waals surface area contributed by atoms with Gasteiger partial charge in [0.2, 0.25) is 0 Å². The van der Waals surface area contributed by atoms with Gasteiger partial charge in [0.05, 0.1) is 5.01 Å². The van der Waals surface area contributed by atoms with Crippen LogP contribution in [0.15, 0.2) is 24.4 Å². The van der Waals surface area contributed by atoms with E-state index in [2.05, 4.69) is 11.9 Å². The molecule has 1 aromatic carbocycles. The summed E-state index contributed by atoms with van der Waals surface area (Å²) in [6.45, 7) is 4.05.